The first kappa shape index (κ1) is 18.6. The second kappa shape index (κ2) is 7.67. The molecule has 2 amide bonds. The lowest BCUT2D eigenvalue weighted by Gasteiger charge is -2.30. The summed E-state index contributed by atoms with van der Waals surface area (Å²) in [6, 6.07) is 9.81. The normalized spacial score (nSPS) is 15.0. The molecule has 1 aromatic carbocycles. The number of piperidine rings is 1. The average molecular weight is 395 g/mol. The molecule has 144 valence electrons. The van der Waals surface area contributed by atoms with Crippen molar-refractivity contribution in [2.75, 3.05) is 18.4 Å². The fourth-order valence-electron chi connectivity index (χ4n) is 3.52. The molecule has 0 aliphatic carbocycles. The number of benzene rings is 1. The molecule has 0 bridgehead atoms. The first-order chi connectivity index (χ1) is 13.5. The van der Waals surface area contributed by atoms with E-state index in [-0.39, 0.29) is 17.7 Å². The number of carbonyl (C=O) groups excluding carboxylic acids is 2. The van der Waals surface area contributed by atoms with Crippen molar-refractivity contribution in [3.05, 3.63) is 42.1 Å². The fourth-order valence-corrected chi connectivity index (χ4v) is 4.43. The number of carbonyl (C=O) groups is 2. The van der Waals surface area contributed by atoms with E-state index in [2.05, 4.69) is 15.3 Å². The molecule has 1 saturated heterocycles. The van der Waals surface area contributed by atoms with Gasteiger partial charge in [0.05, 0.1) is 0 Å². The number of nitrogens with zero attached hydrogens (tertiary/aromatic N) is 3. The summed E-state index contributed by atoms with van der Waals surface area (Å²) in [6.07, 6.45) is 3.19. The number of hydrogen-bond acceptors (Lipinski definition) is 5. The Balaban J connectivity index is 1.46. The van der Waals surface area contributed by atoms with Gasteiger partial charge in [-0.2, -0.15) is 0 Å². The summed E-state index contributed by atoms with van der Waals surface area (Å²) < 4.78 is 0. The third-order valence-corrected chi connectivity index (χ3v) is 6.24. The molecule has 0 spiro atoms. The lowest BCUT2D eigenvalue weighted by atomic mass is 9.95. The number of hydrogen-bond donors (Lipinski definition) is 1. The van der Waals surface area contributed by atoms with Crippen molar-refractivity contribution < 1.29 is 9.59 Å². The molecule has 7 heteroatoms. The zero-order valence-electron chi connectivity index (χ0n) is 15.9. The van der Waals surface area contributed by atoms with Gasteiger partial charge in [0.2, 0.25) is 11.8 Å². The van der Waals surface area contributed by atoms with Gasteiger partial charge in [0.1, 0.15) is 15.4 Å². The van der Waals surface area contributed by atoms with Gasteiger partial charge in [-0.05, 0) is 55.7 Å². The maximum absolute atomic E-state index is 12.6. The van der Waals surface area contributed by atoms with Crippen LogP contribution in [0.1, 0.15) is 25.3 Å². The highest BCUT2D eigenvalue weighted by Gasteiger charge is 2.26. The van der Waals surface area contributed by atoms with Crippen molar-refractivity contribution in [1.29, 1.82) is 0 Å². The highest BCUT2D eigenvalue weighted by molar-refractivity contribution is 7.21. The minimum absolute atomic E-state index is 0.0308. The molecule has 1 fully saturated rings. The van der Waals surface area contributed by atoms with Gasteiger partial charge >= 0.3 is 0 Å². The number of aromatic nitrogens is 2. The summed E-state index contributed by atoms with van der Waals surface area (Å²) in [7, 11) is 0. The number of anilines is 1. The van der Waals surface area contributed by atoms with Crippen LogP contribution in [0.25, 0.3) is 20.9 Å². The summed E-state index contributed by atoms with van der Waals surface area (Å²) in [5, 5.41) is 3.98. The predicted molar refractivity (Wildman–Crippen MR) is 111 cm³/mol. The van der Waals surface area contributed by atoms with E-state index in [4.69, 9.17) is 0 Å². The van der Waals surface area contributed by atoms with Crippen molar-refractivity contribution in [3.8, 4) is 10.6 Å². The van der Waals surface area contributed by atoms with Crippen LogP contribution in [0.5, 0.6) is 0 Å². The molecule has 6 nitrogen and oxygen atoms in total. The fraction of sp³-hybridized carbons (Fsp3) is 0.333. The smallest absolute Gasteiger partial charge is 0.227 e. The molecular weight excluding hydrogens is 372 g/mol. The number of amides is 2. The highest BCUT2D eigenvalue weighted by Crippen LogP contribution is 2.31. The summed E-state index contributed by atoms with van der Waals surface area (Å²) >= 11 is 1.56. The third kappa shape index (κ3) is 3.75. The molecule has 0 saturated carbocycles. The van der Waals surface area contributed by atoms with Crippen LogP contribution in [-0.4, -0.2) is 39.8 Å². The lowest BCUT2D eigenvalue weighted by molar-refractivity contribution is -0.132. The summed E-state index contributed by atoms with van der Waals surface area (Å²) in [6.45, 7) is 4.86. The van der Waals surface area contributed by atoms with E-state index in [9.17, 15) is 9.59 Å². The number of nitrogens with one attached hydrogen (secondary N) is 1. The maximum Gasteiger partial charge on any atom is 0.227 e. The van der Waals surface area contributed by atoms with Gasteiger partial charge in [-0.1, -0.05) is 11.3 Å². The second-order valence-corrected chi connectivity index (χ2v) is 8.12. The van der Waals surface area contributed by atoms with Crippen LogP contribution in [0.2, 0.25) is 0 Å². The number of fused-ring (bicyclic) bond motifs is 1. The Morgan fingerprint density at radius 1 is 1.21 bits per heavy atom. The Hall–Kier alpha value is -2.80. The Morgan fingerprint density at radius 2 is 2.00 bits per heavy atom. The van der Waals surface area contributed by atoms with Gasteiger partial charge in [0, 0.05) is 43.4 Å². The molecule has 28 heavy (non-hydrogen) atoms. The topological polar surface area (TPSA) is 75.2 Å². The highest BCUT2D eigenvalue weighted by atomic mass is 32.1. The van der Waals surface area contributed by atoms with E-state index in [0.717, 1.165) is 32.2 Å². The predicted octanol–water partition coefficient (Wildman–Crippen LogP) is 3.86. The number of aryl methyl sites for hydroxylation is 1. The van der Waals surface area contributed by atoms with E-state index < -0.39 is 0 Å². The van der Waals surface area contributed by atoms with Crippen molar-refractivity contribution in [1.82, 2.24) is 14.9 Å². The first-order valence-corrected chi connectivity index (χ1v) is 10.2. The minimum atomic E-state index is -0.0509. The molecule has 3 heterocycles. The van der Waals surface area contributed by atoms with E-state index >= 15 is 0 Å². The Morgan fingerprint density at radius 3 is 2.68 bits per heavy atom. The maximum atomic E-state index is 12.6. The van der Waals surface area contributed by atoms with Gasteiger partial charge in [-0.15, -0.1) is 0 Å². The number of pyridine rings is 1. The first-order valence-electron chi connectivity index (χ1n) is 9.40. The largest absolute Gasteiger partial charge is 0.343 e. The van der Waals surface area contributed by atoms with Crippen molar-refractivity contribution >= 4 is 39.2 Å². The minimum Gasteiger partial charge on any atom is -0.343 e. The molecule has 4 rings (SSSR count). The Kier molecular flexibility index (Phi) is 5.09. The van der Waals surface area contributed by atoms with Crippen LogP contribution in [0, 0.1) is 12.8 Å². The molecule has 1 N–H and O–H groups in total. The van der Waals surface area contributed by atoms with Crippen LogP contribution in [0.4, 0.5) is 5.69 Å². The molecule has 3 aromatic rings. The van der Waals surface area contributed by atoms with Gasteiger partial charge in [0.25, 0.3) is 0 Å². The summed E-state index contributed by atoms with van der Waals surface area (Å²) in [5.41, 5.74) is 3.74. The van der Waals surface area contributed by atoms with Crippen LogP contribution in [0.3, 0.4) is 0 Å². The number of rotatable bonds is 3. The quantitative estimate of drug-likeness (QED) is 0.732. The van der Waals surface area contributed by atoms with Gasteiger partial charge in [-0.25, -0.2) is 9.97 Å². The SMILES string of the molecule is CC(=O)N1CCC(C(=O)Nc2ccc(-c3nc4cccnc4s3)cc2C)CC1. The Labute approximate surface area is 167 Å². The van der Waals surface area contributed by atoms with E-state index in [0.29, 0.717) is 25.9 Å². The number of likely N-dealkylation sites (tertiary alicyclic amines) is 1. The summed E-state index contributed by atoms with van der Waals surface area (Å²) in [5.74, 6) is 0.0589. The van der Waals surface area contributed by atoms with Gasteiger partial charge < -0.3 is 10.2 Å². The number of thiazole rings is 1. The van der Waals surface area contributed by atoms with Gasteiger partial charge in [0.15, 0.2) is 0 Å². The zero-order valence-corrected chi connectivity index (χ0v) is 16.8. The van der Waals surface area contributed by atoms with Crippen LogP contribution in [0.15, 0.2) is 36.5 Å². The summed E-state index contributed by atoms with van der Waals surface area (Å²) in [4.78, 5) is 35.8. The van der Waals surface area contributed by atoms with E-state index in [1.807, 2.05) is 37.3 Å². The lowest BCUT2D eigenvalue weighted by Crippen LogP contribution is -2.40. The molecule has 0 atom stereocenters. The third-order valence-electron chi connectivity index (χ3n) is 5.21. The molecule has 2 aromatic heterocycles. The average Bonchev–Trinajstić information content (AvgIpc) is 3.13. The zero-order chi connectivity index (χ0) is 19.7. The van der Waals surface area contributed by atoms with Crippen molar-refractivity contribution in [2.24, 2.45) is 5.92 Å². The van der Waals surface area contributed by atoms with Crippen LogP contribution in [-0.2, 0) is 9.59 Å². The van der Waals surface area contributed by atoms with Gasteiger partial charge in [-0.3, -0.25) is 9.59 Å². The second-order valence-electron chi connectivity index (χ2n) is 7.15. The van der Waals surface area contributed by atoms with E-state index in [1.54, 1.807) is 29.4 Å². The molecule has 0 unspecified atom stereocenters. The molecule has 0 radical (unpaired) electrons. The molecule has 1 aliphatic heterocycles. The van der Waals surface area contributed by atoms with Crippen molar-refractivity contribution in [2.45, 2.75) is 26.7 Å². The van der Waals surface area contributed by atoms with Crippen LogP contribution >= 0.6 is 11.3 Å². The van der Waals surface area contributed by atoms with E-state index in [1.165, 1.54) is 0 Å². The molecular formula is C21H22N4O2S. The van der Waals surface area contributed by atoms with Crippen LogP contribution < -0.4 is 5.32 Å². The molecule has 1 aliphatic rings. The monoisotopic (exact) mass is 394 g/mol. The Bertz CT molecular complexity index is 1000. The standard InChI is InChI=1S/C21H22N4O2S/c1-13-12-16(20-24-18-4-3-9-22-21(18)28-20)5-6-17(13)23-19(27)15-7-10-25(11-8-15)14(2)26/h3-6,9,12,15H,7-8,10-11H2,1-2H3,(H,23,27). The van der Waals surface area contributed by atoms with Crippen molar-refractivity contribution in [3.63, 3.8) is 0 Å².